The third kappa shape index (κ3) is 6.47. The van der Waals surface area contributed by atoms with E-state index in [-0.39, 0.29) is 17.7 Å². The van der Waals surface area contributed by atoms with E-state index >= 15 is 0 Å². The van der Waals surface area contributed by atoms with Crippen molar-refractivity contribution in [2.75, 3.05) is 6.54 Å². The van der Waals surface area contributed by atoms with Crippen molar-refractivity contribution in [1.82, 2.24) is 31.0 Å². The smallest absolute Gasteiger partial charge is 0.325 e. The van der Waals surface area contributed by atoms with Crippen molar-refractivity contribution in [3.05, 3.63) is 41.9 Å². The minimum atomic E-state index is -0.959. The quantitative estimate of drug-likeness (QED) is 0.460. The summed E-state index contributed by atoms with van der Waals surface area (Å²) in [4.78, 5) is 61.6. The molecule has 5 bridgehead atoms. The highest BCUT2D eigenvalue weighted by molar-refractivity contribution is 5.94. The van der Waals surface area contributed by atoms with Gasteiger partial charge in [-0.05, 0) is 64.7 Å². The zero-order valence-electron chi connectivity index (χ0n) is 23.9. The molecule has 3 amide bonds. The molecular formula is C29H38N6O5. The molecule has 3 N–H and O–H groups in total. The van der Waals surface area contributed by atoms with Crippen LogP contribution in [-0.2, 0) is 23.9 Å². The topological polar surface area (TPSA) is 143 Å². The van der Waals surface area contributed by atoms with E-state index in [1.165, 1.54) is 5.01 Å². The van der Waals surface area contributed by atoms with Crippen LogP contribution in [0, 0.1) is 11.3 Å². The highest BCUT2D eigenvalue weighted by Gasteiger charge is 2.35. The molecule has 11 nitrogen and oxygen atoms in total. The van der Waals surface area contributed by atoms with Gasteiger partial charge in [0.15, 0.2) is 0 Å². The second-order valence-electron chi connectivity index (χ2n) is 11.4. The van der Waals surface area contributed by atoms with Crippen LogP contribution in [0.15, 0.2) is 30.6 Å². The largest absolute Gasteiger partial charge is 0.457 e. The van der Waals surface area contributed by atoms with Crippen molar-refractivity contribution in [3.63, 3.8) is 0 Å². The number of amides is 3. The first-order chi connectivity index (χ1) is 18.9. The SMILES string of the molecule is CC(C)[C@@H]1NC(=O)C(C)(C)C=Cc2cc3cc(cnc3cn2)[C@@H](C)OC(=O)[C@@H]2CCCN(N2)C(=O)[C@H](C)NC1=O. The Balaban J connectivity index is 1.70. The Bertz CT molecular complexity index is 1340. The molecule has 4 rings (SSSR count). The van der Waals surface area contributed by atoms with Gasteiger partial charge in [0.2, 0.25) is 11.8 Å². The maximum atomic E-state index is 13.3. The lowest BCUT2D eigenvalue weighted by Gasteiger charge is -2.35. The second kappa shape index (κ2) is 11.7. The van der Waals surface area contributed by atoms with Gasteiger partial charge in [0.05, 0.1) is 22.8 Å². The monoisotopic (exact) mass is 550 g/mol. The normalized spacial score (nSPS) is 26.4. The van der Waals surface area contributed by atoms with Crippen LogP contribution in [0.3, 0.4) is 0 Å². The molecule has 0 radical (unpaired) electrons. The molecule has 4 atom stereocenters. The van der Waals surface area contributed by atoms with Gasteiger partial charge in [0, 0.05) is 23.7 Å². The van der Waals surface area contributed by atoms with Gasteiger partial charge < -0.3 is 15.4 Å². The van der Waals surface area contributed by atoms with Gasteiger partial charge in [0.1, 0.15) is 24.2 Å². The van der Waals surface area contributed by atoms with E-state index in [0.29, 0.717) is 36.2 Å². The zero-order valence-corrected chi connectivity index (χ0v) is 23.9. The Labute approximate surface area is 234 Å². The molecule has 40 heavy (non-hydrogen) atoms. The van der Waals surface area contributed by atoms with Gasteiger partial charge in [-0.3, -0.25) is 34.2 Å². The van der Waals surface area contributed by atoms with Gasteiger partial charge in [0.25, 0.3) is 5.91 Å². The average molecular weight is 551 g/mol. The van der Waals surface area contributed by atoms with Gasteiger partial charge in [-0.25, -0.2) is 5.43 Å². The summed E-state index contributed by atoms with van der Waals surface area (Å²) in [6.07, 6.45) is 7.31. The number of cyclic esters (lactones) is 1. The number of pyridine rings is 2. The van der Waals surface area contributed by atoms with Gasteiger partial charge in [-0.1, -0.05) is 19.9 Å². The Hall–Kier alpha value is -3.86. The van der Waals surface area contributed by atoms with Crippen LogP contribution in [0.5, 0.6) is 0 Å². The minimum absolute atomic E-state index is 0.231. The van der Waals surface area contributed by atoms with E-state index in [0.717, 1.165) is 5.39 Å². The van der Waals surface area contributed by atoms with Crippen molar-refractivity contribution in [2.45, 2.75) is 78.6 Å². The molecule has 0 aromatic carbocycles. The number of fused-ring (bicyclic) bond motifs is 4. The van der Waals surface area contributed by atoms with Crippen molar-refractivity contribution in [3.8, 4) is 0 Å². The van der Waals surface area contributed by atoms with Crippen LogP contribution in [0.4, 0.5) is 0 Å². The van der Waals surface area contributed by atoms with E-state index in [1.54, 1.807) is 52.2 Å². The first-order valence-corrected chi connectivity index (χ1v) is 13.7. The number of carbonyl (C=O) groups is 4. The fourth-order valence-electron chi connectivity index (χ4n) is 4.65. The van der Waals surface area contributed by atoms with Crippen LogP contribution >= 0.6 is 0 Å². The van der Waals surface area contributed by atoms with Crippen LogP contribution in [0.2, 0.25) is 0 Å². The molecule has 0 saturated carbocycles. The molecule has 2 aliphatic heterocycles. The lowest BCUT2D eigenvalue weighted by Crippen LogP contribution is -2.61. The van der Waals surface area contributed by atoms with E-state index in [4.69, 9.17) is 4.74 Å². The third-order valence-corrected chi connectivity index (χ3v) is 7.33. The van der Waals surface area contributed by atoms with E-state index in [2.05, 4.69) is 26.0 Å². The average Bonchev–Trinajstić information content (AvgIpc) is 2.92. The third-order valence-electron chi connectivity index (χ3n) is 7.33. The fourth-order valence-corrected chi connectivity index (χ4v) is 4.65. The minimum Gasteiger partial charge on any atom is -0.457 e. The van der Waals surface area contributed by atoms with Crippen LogP contribution in [0.1, 0.15) is 71.7 Å². The maximum Gasteiger partial charge on any atom is 0.325 e. The summed E-state index contributed by atoms with van der Waals surface area (Å²) in [7, 11) is 0. The number of carbonyl (C=O) groups excluding carboxylic acids is 4. The maximum absolute atomic E-state index is 13.3. The van der Waals surface area contributed by atoms with Crippen molar-refractivity contribution in [1.29, 1.82) is 0 Å². The zero-order chi connectivity index (χ0) is 29.2. The Morgan fingerprint density at radius 2 is 1.80 bits per heavy atom. The summed E-state index contributed by atoms with van der Waals surface area (Å²) in [5.41, 5.74) is 4.03. The van der Waals surface area contributed by atoms with Crippen molar-refractivity contribution >= 4 is 40.7 Å². The van der Waals surface area contributed by atoms with E-state index in [1.807, 2.05) is 26.0 Å². The molecule has 2 aromatic heterocycles. The predicted octanol–water partition coefficient (Wildman–Crippen LogP) is 2.43. The number of hydrogen-bond donors (Lipinski definition) is 3. The standard InChI is InChI=1S/C29H38N6O5/c1-16(2)24-25(36)32-17(3)26(37)35-11-7-8-22(34-35)27(38)40-18(4)20-12-19-13-21(30-15-23(19)31-14-20)9-10-29(5,6)28(39)33-24/h9-10,12-18,22,24,34H,7-8,11H2,1-6H3,(H,32,36)(H,33,39)/t17-,18+,22-,24-/m0/s1. The molecule has 214 valence electrons. The first-order valence-electron chi connectivity index (χ1n) is 13.7. The van der Waals surface area contributed by atoms with E-state index < -0.39 is 41.5 Å². The highest BCUT2D eigenvalue weighted by Crippen LogP contribution is 2.24. The molecule has 0 aliphatic carbocycles. The molecule has 11 heteroatoms. The van der Waals surface area contributed by atoms with Gasteiger partial charge in [-0.15, -0.1) is 0 Å². The lowest BCUT2D eigenvalue weighted by atomic mass is 9.90. The van der Waals surface area contributed by atoms with Crippen molar-refractivity contribution < 1.29 is 23.9 Å². The summed E-state index contributed by atoms with van der Waals surface area (Å²) in [6, 6.07) is 1.30. The number of hydrazine groups is 1. The Morgan fingerprint density at radius 1 is 1.05 bits per heavy atom. The van der Waals surface area contributed by atoms with Gasteiger partial charge >= 0.3 is 5.97 Å². The summed E-state index contributed by atoms with van der Waals surface area (Å²) >= 11 is 0. The van der Waals surface area contributed by atoms with Crippen LogP contribution < -0.4 is 16.1 Å². The molecule has 0 spiro atoms. The Morgan fingerprint density at radius 3 is 2.52 bits per heavy atom. The molecule has 2 aliphatic rings. The fraction of sp³-hybridized carbons (Fsp3) is 0.517. The number of ether oxygens (including phenoxy) is 1. The van der Waals surface area contributed by atoms with Gasteiger partial charge in [-0.2, -0.15) is 0 Å². The molecule has 1 saturated heterocycles. The number of nitrogens with one attached hydrogen (secondary N) is 3. The molecule has 4 heterocycles. The first kappa shape index (κ1) is 29.1. The molecule has 2 aromatic rings. The Kier molecular flexibility index (Phi) is 8.53. The van der Waals surface area contributed by atoms with Crippen LogP contribution in [0.25, 0.3) is 17.0 Å². The second-order valence-corrected chi connectivity index (χ2v) is 11.4. The number of hydrogen-bond acceptors (Lipinski definition) is 8. The van der Waals surface area contributed by atoms with Crippen LogP contribution in [-0.4, -0.2) is 63.3 Å². The number of nitrogens with zero attached hydrogens (tertiary/aromatic N) is 3. The molecular weight excluding hydrogens is 512 g/mol. The number of aromatic nitrogens is 2. The van der Waals surface area contributed by atoms with E-state index in [9.17, 15) is 19.2 Å². The number of esters is 1. The molecule has 1 fully saturated rings. The summed E-state index contributed by atoms with van der Waals surface area (Å²) in [5, 5.41) is 7.75. The lowest BCUT2D eigenvalue weighted by molar-refractivity contribution is -0.157. The highest BCUT2D eigenvalue weighted by atomic mass is 16.5. The molecule has 0 unspecified atom stereocenters. The number of rotatable bonds is 1. The summed E-state index contributed by atoms with van der Waals surface area (Å²) in [5.74, 6) is -1.89. The summed E-state index contributed by atoms with van der Waals surface area (Å²) < 4.78 is 5.75. The predicted molar refractivity (Wildman–Crippen MR) is 149 cm³/mol. The van der Waals surface area contributed by atoms with Crippen molar-refractivity contribution in [2.24, 2.45) is 11.3 Å². The summed E-state index contributed by atoms with van der Waals surface area (Å²) in [6.45, 7) is 10.9.